The molecule has 0 aromatic carbocycles. The first-order valence-electron chi connectivity index (χ1n) is 2.28. The normalized spacial score (nSPS) is 13.4. The Morgan fingerprint density at radius 2 is 2.43 bits per heavy atom. The van der Waals surface area contributed by atoms with Crippen molar-refractivity contribution < 1.29 is 5.11 Å². The van der Waals surface area contributed by atoms with Crippen molar-refractivity contribution in [2.24, 2.45) is 5.18 Å². The second-order valence-electron chi connectivity index (χ2n) is 1.37. The minimum absolute atomic E-state index is 0.0243. The molecule has 0 fully saturated rings. The molecule has 7 heavy (non-hydrogen) atoms. The maximum absolute atomic E-state index is 9.36. The van der Waals surface area contributed by atoms with E-state index in [0.717, 1.165) is 0 Å². The molecular formula is C4H9NO2. The zero-order valence-electron chi connectivity index (χ0n) is 4.29. The molecule has 0 rings (SSSR count). The minimum Gasteiger partial charge on any atom is -0.391 e. The number of hydrogen-bond acceptors (Lipinski definition) is 3. The van der Waals surface area contributed by atoms with E-state index in [1.54, 1.807) is 6.92 Å². The van der Waals surface area contributed by atoms with Gasteiger partial charge in [-0.15, -0.1) is 0 Å². The summed E-state index contributed by atoms with van der Waals surface area (Å²) in [6.07, 6.45) is 0.0728. The lowest BCUT2D eigenvalue weighted by Crippen LogP contribution is -2.07. The van der Waals surface area contributed by atoms with Gasteiger partial charge in [0.25, 0.3) is 0 Å². The number of aliphatic hydroxyl groups excluding tert-OH is 1. The molecule has 0 aliphatic carbocycles. The van der Waals surface area contributed by atoms with Crippen LogP contribution in [0.25, 0.3) is 0 Å². The smallest absolute Gasteiger partial charge is 0.107 e. The number of rotatable bonds is 3. The summed E-state index contributed by atoms with van der Waals surface area (Å²) in [5.41, 5.74) is 0. The summed E-state index contributed by atoms with van der Waals surface area (Å²) >= 11 is 0. The lowest BCUT2D eigenvalue weighted by atomic mass is 10.3. The zero-order chi connectivity index (χ0) is 5.70. The van der Waals surface area contributed by atoms with Gasteiger partial charge in [0.15, 0.2) is 0 Å². The summed E-state index contributed by atoms with van der Waals surface area (Å²) in [7, 11) is 0. The summed E-state index contributed by atoms with van der Waals surface area (Å²) in [6.45, 7) is 1.83. The molecule has 0 heterocycles. The molecule has 3 heteroatoms. The van der Waals surface area contributed by atoms with E-state index in [9.17, 15) is 4.91 Å². The molecule has 0 aromatic rings. The number of aliphatic hydroxyl groups is 1. The summed E-state index contributed by atoms with van der Waals surface area (Å²) in [4.78, 5) is 9.36. The van der Waals surface area contributed by atoms with E-state index in [4.69, 9.17) is 5.11 Å². The van der Waals surface area contributed by atoms with Crippen LogP contribution in [0.3, 0.4) is 0 Å². The average molecular weight is 103 g/mol. The van der Waals surface area contributed by atoms with Crippen LogP contribution in [-0.4, -0.2) is 17.8 Å². The van der Waals surface area contributed by atoms with Crippen LogP contribution in [0, 0.1) is 4.91 Å². The van der Waals surface area contributed by atoms with Crippen molar-refractivity contribution in [1.82, 2.24) is 0 Å². The Labute approximate surface area is 42.3 Å². The molecule has 0 aromatic heterocycles. The Morgan fingerprint density at radius 1 is 1.86 bits per heavy atom. The number of nitrogens with zero attached hydrogens (tertiary/aromatic N) is 1. The lowest BCUT2D eigenvalue weighted by molar-refractivity contribution is 0.179. The van der Waals surface area contributed by atoms with E-state index in [0.29, 0.717) is 6.42 Å². The molecule has 0 saturated carbocycles. The van der Waals surface area contributed by atoms with Gasteiger partial charge in [-0.2, -0.15) is 4.91 Å². The van der Waals surface area contributed by atoms with Gasteiger partial charge in [0, 0.05) is 0 Å². The summed E-state index contributed by atoms with van der Waals surface area (Å²) in [5.74, 6) is 0. The van der Waals surface area contributed by atoms with E-state index < -0.39 is 6.10 Å². The third kappa shape index (κ3) is 3.39. The predicted molar refractivity (Wildman–Crippen MR) is 27.0 cm³/mol. The maximum atomic E-state index is 9.36. The summed E-state index contributed by atoms with van der Waals surface area (Å²) in [5, 5.41) is 11.1. The molecule has 1 unspecified atom stereocenters. The highest BCUT2D eigenvalue weighted by Crippen LogP contribution is 1.87. The van der Waals surface area contributed by atoms with E-state index in [-0.39, 0.29) is 6.54 Å². The molecular weight excluding hydrogens is 94.0 g/mol. The van der Waals surface area contributed by atoms with Gasteiger partial charge in [-0.05, 0) is 6.42 Å². The van der Waals surface area contributed by atoms with Crippen molar-refractivity contribution in [1.29, 1.82) is 0 Å². The molecule has 0 aliphatic rings. The molecule has 0 spiro atoms. The van der Waals surface area contributed by atoms with E-state index in [1.165, 1.54) is 0 Å². The molecule has 1 atom stereocenters. The van der Waals surface area contributed by atoms with Gasteiger partial charge in [-0.1, -0.05) is 12.1 Å². The number of nitroso groups, excluding NO2 is 1. The Bertz CT molecular complexity index is 55.7. The third-order valence-electron chi connectivity index (χ3n) is 0.757. The maximum Gasteiger partial charge on any atom is 0.107 e. The highest BCUT2D eigenvalue weighted by molar-refractivity contribution is 4.52. The molecule has 0 radical (unpaired) electrons. The molecule has 0 aliphatic heterocycles. The largest absolute Gasteiger partial charge is 0.391 e. The summed E-state index contributed by atoms with van der Waals surface area (Å²) < 4.78 is 0. The molecule has 0 saturated heterocycles. The van der Waals surface area contributed by atoms with Crippen LogP contribution in [0.4, 0.5) is 0 Å². The molecule has 0 amide bonds. The standard InChI is InChI=1S/C4H9NO2/c1-2-4(6)3-5-7/h4,6H,2-3H2,1H3. The minimum atomic E-state index is -0.530. The van der Waals surface area contributed by atoms with Gasteiger partial charge in [-0.3, -0.25) is 0 Å². The Hall–Kier alpha value is -0.440. The van der Waals surface area contributed by atoms with Crippen molar-refractivity contribution in [3.05, 3.63) is 4.91 Å². The van der Waals surface area contributed by atoms with E-state index in [1.807, 2.05) is 0 Å². The zero-order valence-corrected chi connectivity index (χ0v) is 4.29. The van der Waals surface area contributed by atoms with Crippen molar-refractivity contribution in [2.45, 2.75) is 19.4 Å². The fraction of sp³-hybridized carbons (Fsp3) is 1.00. The summed E-state index contributed by atoms with van der Waals surface area (Å²) in [6, 6.07) is 0. The van der Waals surface area contributed by atoms with Crippen LogP contribution in [0.15, 0.2) is 5.18 Å². The van der Waals surface area contributed by atoms with Gasteiger partial charge in [0.1, 0.15) is 6.54 Å². The van der Waals surface area contributed by atoms with Crippen LogP contribution in [0.1, 0.15) is 13.3 Å². The third-order valence-corrected chi connectivity index (χ3v) is 0.757. The van der Waals surface area contributed by atoms with Gasteiger partial charge < -0.3 is 5.11 Å². The van der Waals surface area contributed by atoms with Crippen LogP contribution in [0.5, 0.6) is 0 Å². The molecule has 1 N–H and O–H groups in total. The predicted octanol–water partition coefficient (Wildman–Crippen LogP) is 0.524. The van der Waals surface area contributed by atoms with E-state index in [2.05, 4.69) is 5.18 Å². The van der Waals surface area contributed by atoms with Crippen LogP contribution in [-0.2, 0) is 0 Å². The highest BCUT2D eigenvalue weighted by Gasteiger charge is 1.96. The average Bonchev–Trinajstić information content (AvgIpc) is 1.68. The van der Waals surface area contributed by atoms with E-state index >= 15 is 0 Å². The second-order valence-corrected chi connectivity index (χ2v) is 1.37. The van der Waals surface area contributed by atoms with Crippen molar-refractivity contribution in [2.75, 3.05) is 6.54 Å². The Morgan fingerprint density at radius 3 is 2.57 bits per heavy atom. The fourth-order valence-electron chi connectivity index (χ4n) is 0.215. The van der Waals surface area contributed by atoms with Crippen molar-refractivity contribution in [3.63, 3.8) is 0 Å². The van der Waals surface area contributed by atoms with Gasteiger partial charge >= 0.3 is 0 Å². The van der Waals surface area contributed by atoms with Gasteiger partial charge in [-0.25, -0.2) is 0 Å². The van der Waals surface area contributed by atoms with Crippen LogP contribution >= 0.6 is 0 Å². The Balaban J connectivity index is 2.98. The second kappa shape index (κ2) is 3.74. The van der Waals surface area contributed by atoms with Crippen LogP contribution in [0.2, 0.25) is 0 Å². The monoisotopic (exact) mass is 103 g/mol. The topological polar surface area (TPSA) is 49.7 Å². The SMILES string of the molecule is CCC(O)CN=O. The first kappa shape index (κ1) is 6.56. The quantitative estimate of drug-likeness (QED) is 0.529. The first-order chi connectivity index (χ1) is 3.31. The van der Waals surface area contributed by atoms with Crippen LogP contribution < -0.4 is 0 Å². The molecule has 3 nitrogen and oxygen atoms in total. The number of hydrogen-bond donors (Lipinski definition) is 1. The fourth-order valence-corrected chi connectivity index (χ4v) is 0.215. The highest BCUT2D eigenvalue weighted by atomic mass is 16.3. The lowest BCUT2D eigenvalue weighted by Gasteiger charge is -1.96. The molecule has 0 bridgehead atoms. The van der Waals surface area contributed by atoms with Crippen molar-refractivity contribution >= 4 is 0 Å². The van der Waals surface area contributed by atoms with Crippen molar-refractivity contribution in [3.8, 4) is 0 Å². The Kier molecular flexibility index (Phi) is 3.50. The van der Waals surface area contributed by atoms with Gasteiger partial charge in [0.2, 0.25) is 0 Å². The first-order valence-corrected chi connectivity index (χ1v) is 2.28. The van der Waals surface area contributed by atoms with Gasteiger partial charge in [0.05, 0.1) is 6.10 Å². The molecule has 42 valence electrons.